The molecule has 6 nitrogen and oxygen atoms in total. The van der Waals surface area contributed by atoms with Crippen molar-refractivity contribution in [2.45, 2.75) is 76.9 Å². The Hall–Kier alpha value is -1.11. The van der Waals surface area contributed by atoms with E-state index in [0.717, 1.165) is 57.1 Å². The number of nitrogens with one attached hydrogen (secondary N) is 1. The average molecular weight is 355 g/mol. The molecule has 0 amide bonds. The van der Waals surface area contributed by atoms with Gasteiger partial charge in [0.05, 0.1) is 25.2 Å². The SMILES string of the molecule is CCCCCC(O)CC[C@H]1[C@@H]2C=C(NOCCC(=O)O)C[C@@H]2C[C@@H]1O. The van der Waals surface area contributed by atoms with Gasteiger partial charge in [-0.25, -0.2) is 0 Å². The van der Waals surface area contributed by atoms with Crippen LogP contribution >= 0.6 is 0 Å². The smallest absolute Gasteiger partial charge is 0.305 e. The molecule has 25 heavy (non-hydrogen) atoms. The highest BCUT2D eigenvalue weighted by Gasteiger charge is 2.44. The van der Waals surface area contributed by atoms with Crippen LogP contribution in [0.15, 0.2) is 11.8 Å². The Kier molecular flexibility index (Phi) is 8.19. The molecule has 0 aromatic carbocycles. The molecule has 0 saturated heterocycles. The number of aliphatic carboxylic acids is 1. The van der Waals surface area contributed by atoms with E-state index in [4.69, 9.17) is 9.94 Å². The topological polar surface area (TPSA) is 99.0 Å². The lowest BCUT2D eigenvalue weighted by Crippen LogP contribution is -2.21. The van der Waals surface area contributed by atoms with Gasteiger partial charge in [0.15, 0.2) is 0 Å². The summed E-state index contributed by atoms with van der Waals surface area (Å²) >= 11 is 0. The molecule has 0 aromatic heterocycles. The lowest BCUT2D eigenvalue weighted by molar-refractivity contribution is -0.138. The van der Waals surface area contributed by atoms with E-state index < -0.39 is 5.97 Å². The predicted octanol–water partition coefficient (Wildman–Crippen LogP) is 2.60. The number of aliphatic hydroxyl groups is 2. The van der Waals surface area contributed by atoms with Crippen LogP contribution < -0.4 is 5.48 Å². The van der Waals surface area contributed by atoms with Crippen molar-refractivity contribution >= 4 is 5.97 Å². The number of carbonyl (C=O) groups is 1. The minimum atomic E-state index is -0.875. The van der Waals surface area contributed by atoms with Gasteiger partial charge in [-0.3, -0.25) is 15.1 Å². The Morgan fingerprint density at radius 1 is 1.40 bits per heavy atom. The summed E-state index contributed by atoms with van der Waals surface area (Å²) in [6.07, 6.45) is 9.02. The summed E-state index contributed by atoms with van der Waals surface area (Å²) in [4.78, 5) is 15.7. The molecule has 1 saturated carbocycles. The third kappa shape index (κ3) is 6.28. The van der Waals surface area contributed by atoms with Gasteiger partial charge in [0.1, 0.15) is 0 Å². The molecule has 1 fully saturated rings. The van der Waals surface area contributed by atoms with Crippen LogP contribution in [0.3, 0.4) is 0 Å². The van der Waals surface area contributed by atoms with E-state index in [9.17, 15) is 15.0 Å². The molecule has 0 radical (unpaired) electrons. The van der Waals surface area contributed by atoms with E-state index in [1.165, 1.54) is 0 Å². The fraction of sp³-hybridized carbons (Fsp3) is 0.842. The standard InChI is InChI=1S/C19H33NO5/c1-2-3-4-5-15(21)6-7-16-17-12-14(10-13(17)11-18(16)22)20-25-9-8-19(23)24/h12-13,15-18,20-22H,2-11H2,1H3,(H,23,24)/t13-,15?,16+,17-,18+/m1/s1. The van der Waals surface area contributed by atoms with Gasteiger partial charge in [-0.15, -0.1) is 0 Å². The Bertz CT molecular complexity index is 453. The van der Waals surface area contributed by atoms with Crippen molar-refractivity contribution in [3.05, 3.63) is 11.8 Å². The molecule has 4 N–H and O–H groups in total. The molecule has 1 unspecified atom stereocenters. The van der Waals surface area contributed by atoms with Gasteiger partial charge < -0.3 is 15.3 Å². The Morgan fingerprint density at radius 3 is 2.92 bits per heavy atom. The maximum absolute atomic E-state index is 10.5. The first-order valence-electron chi connectivity index (χ1n) is 9.67. The molecule has 5 atom stereocenters. The van der Waals surface area contributed by atoms with Gasteiger partial charge in [0, 0.05) is 5.70 Å². The largest absolute Gasteiger partial charge is 0.481 e. The van der Waals surface area contributed by atoms with Crippen LogP contribution in [0.25, 0.3) is 0 Å². The highest BCUT2D eigenvalue weighted by molar-refractivity contribution is 5.66. The van der Waals surface area contributed by atoms with Crippen molar-refractivity contribution in [1.82, 2.24) is 5.48 Å². The molecule has 0 heterocycles. The number of allylic oxidation sites excluding steroid dienone is 2. The van der Waals surface area contributed by atoms with E-state index >= 15 is 0 Å². The van der Waals surface area contributed by atoms with Crippen molar-refractivity contribution in [1.29, 1.82) is 0 Å². The summed E-state index contributed by atoms with van der Waals surface area (Å²) in [5.41, 5.74) is 3.85. The molecule has 0 spiro atoms. The zero-order valence-electron chi connectivity index (χ0n) is 15.2. The summed E-state index contributed by atoms with van der Waals surface area (Å²) in [5, 5.41) is 29.1. The molecule has 0 aromatic rings. The predicted molar refractivity (Wildman–Crippen MR) is 94.5 cm³/mol. The first-order chi connectivity index (χ1) is 12.0. The fourth-order valence-corrected chi connectivity index (χ4v) is 4.21. The molecule has 6 heteroatoms. The zero-order valence-corrected chi connectivity index (χ0v) is 15.2. The Labute approximate surface area is 150 Å². The molecular weight excluding hydrogens is 322 g/mol. The number of aliphatic hydroxyl groups excluding tert-OH is 2. The summed E-state index contributed by atoms with van der Waals surface area (Å²) in [7, 11) is 0. The molecule has 0 bridgehead atoms. The number of carboxylic acids is 1. The van der Waals surface area contributed by atoms with Crippen molar-refractivity contribution < 1.29 is 25.0 Å². The number of rotatable bonds is 12. The second kappa shape index (κ2) is 10.1. The maximum Gasteiger partial charge on any atom is 0.305 e. The number of hydrogen-bond donors (Lipinski definition) is 4. The van der Waals surface area contributed by atoms with E-state index in [0.29, 0.717) is 11.8 Å². The summed E-state index contributed by atoms with van der Waals surface area (Å²) in [5.74, 6) is 0.0649. The minimum absolute atomic E-state index is 0.0234. The summed E-state index contributed by atoms with van der Waals surface area (Å²) in [6, 6.07) is 0. The lowest BCUT2D eigenvalue weighted by atomic mass is 9.87. The van der Waals surface area contributed by atoms with E-state index in [1.807, 2.05) is 0 Å². The van der Waals surface area contributed by atoms with Gasteiger partial charge >= 0.3 is 5.97 Å². The third-order valence-electron chi connectivity index (χ3n) is 5.55. The molecule has 2 rings (SSSR count). The number of carboxylic acid groups (broad SMARTS) is 1. The van der Waals surface area contributed by atoms with Crippen LogP contribution in [0.4, 0.5) is 0 Å². The second-order valence-corrected chi connectivity index (χ2v) is 7.52. The first kappa shape index (κ1) is 20.2. The molecule has 2 aliphatic rings. The molecular formula is C19H33NO5. The number of hydroxylamine groups is 1. The molecule has 144 valence electrons. The van der Waals surface area contributed by atoms with E-state index in [1.54, 1.807) is 0 Å². The highest BCUT2D eigenvalue weighted by Crippen LogP contribution is 2.47. The Balaban J connectivity index is 1.75. The molecule has 0 aliphatic heterocycles. The quantitative estimate of drug-likeness (QED) is 0.317. The average Bonchev–Trinajstić information content (AvgIpc) is 3.06. The van der Waals surface area contributed by atoms with E-state index in [-0.39, 0.29) is 31.2 Å². The Morgan fingerprint density at radius 2 is 2.20 bits per heavy atom. The summed E-state index contributed by atoms with van der Waals surface area (Å²) < 4.78 is 0. The minimum Gasteiger partial charge on any atom is -0.481 e. The van der Waals surface area contributed by atoms with Gasteiger partial charge in [-0.05, 0) is 49.9 Å². The maximum atomic E-state index is 10.5. The second-order valence-electron chi connectivity index (χ2n) is 7.52. The number of unbranched alkanes of at least 4 members (excludes halogenated alkanes) is 2. The van der Waals surface area contributed by atoms with Gasteiger partial charge in [0.2, 0.25) is 0 Å². The van der Waals surface area contributed by atoms with Crippen LogP contribution in [0, 0.1) is 17.8 Å². The fourth-order valence-electron chi connectivity index (χ4n) is 4.21. The zero-order chi connectivity index (χ0) is 18.2. The molecule has 2 aliphatic carbocycles. The lowest BCUT2D eigenvalue weighted by Gasteiger charge is -2.21. The van der Waals surface area contributed by atoms with Crippen molar-refractivity contribution in [2.24, 2.45) is 17.8 Å². The van der Waals surface area contributed by atoms with E-state index in [2.05, 4.69) is 18.5 Å². The van der Waals surface area contributed by atoms with Crippen LogP contribution in [0.2, 0.25) is 0 Å². The number of hydrogen-bond acceptors (Lipinski definition) is 5. The summed E-state index contributed by atoms with van der Waals surface area (Å²) in [6.45, 7) is 2.29. The normalized spacial score (nSPS) is 29.3. The van der Waals surface area contributed by atoms with Crippen molar-refractivity contribution in [3.63, 3.8) is 0 Å². The number of fused-ring (bicyclic) bond motifs is 1. The van der Waals surface area contributed by atoms with Gasteiger partial charge in [0.25, 0.3) is 0 Å². The van der Waals surface area contributed by atoms with Gasteiger partial charge in [-0.1, -0.05) is 32.3 Å². The highest BCUT2D eigenvalue weighted by atomic mass is 16.6. The van der Waals surface area contributed by atoms with Crippen LogP contribution in [0.5, 0.6) is 0 Å². The van der Waals surface area contributed by atoms with Crippen molar-refractivity contribution in [2.75, 3.05) is 6.61 Å². The third-order valence-corrected chi connectivity index (χ3v) is 5.55. The first-order valence-corrected chi connectivity index (χ1v) is 9.67. The van der Waals surface area contributed by atoms with Gasteiger partial charge in [-0.2, -0.15) is 0 Å². The monoisotopic (exact) mass is 355 g/mol. The van der Waals surface area contributed by atoms with Crippen molar-refractivity contribution in [3.8, 4) is 0 Å². The van der Waals surface area contributed by atoms with Crippen LogP contribution in [-0.4, -0.2) is 40.1 Å². The van der Waals surface area contributed by atoms with Crippen LogP contribution in [0.1, 0.15) is 64.7 Å². The van der Waals surface area contributed by atoms with Crippen LogP contribution in [-0.2, 0) is 9.63 Å².